The SMILES string of the molecule is NC(=O)N1CCCN(C(=O)C(Oc2ccccc2)c2ccccc2)CC1. The Morgan fingerprint density at radius 1 is 0.846 bits per heavy atom. The summed E-state index contributed by atoms with van der Waals surface area (Å²) >= 11 is 0. The molecular formula is C20H23N3O3. The van der Waals surface area contributed by atoms with Crippen LogP contribution in [0.3, 0.4) is 0 Å². The third-order valence-electron chi connectivity index (χ3n) is 4.44. The number of amides is 3. The number of ether oxygens (including phenoxy) is 1. The van der Waals surface area contributed by atoms with Gasteiger partial charge in [0.15, 0.2) is 0 Å². The van der Waals surface area contributed by atoms with Crippen LogP contribution in [-0.4, -0.2) is 47.9 Å². The van der Waals surface area contributed by atoms with Crippen molar-refractivity contribution in [1.29, 1.82) is 0 Å². The van der Waals surface area contributed by atoms with Crippen LogP contribution in [0.1, 0.15) is 18.1 Å². The predicted octanol–water partition coefficient (Wildman–Crippen LogP) is 2.42. The molecule has 2 N–H and O–H groups in total. The number of hydrogen-bond donors (Lipinski definition) is 1. The van der Waals surface area contributed by atoms with Gasteiger partial charge >= 0.3 is 6.03 Å². The molecule has 26 heavy (non-hydrogen) atoms. The number of carbonyl (C=O) groups excluding carboxylic acids is 2. The van der Waals surface area contributed by atoms with Crippen molar-refractivity contribution in [2.24, 2.45) is 5.73 Å². The van der Waals surface area contributed by atoms with Gasteiger partial charge in [0, 0.05) is 31.7 Å². The highest BCUT2D eigenvalue weighted by atomic mass is 16.5. The predicted molar refractivity (Wildman–Crippen MR) is 98.6 cm³/mol. The van der Waals surface area contributed by atoms with E-state index in [0.29, 0.717) is 38.3 Å². The van der Waals surface area contributed by atoms with Gasteiger partial charge in [-0.1, -0.05) is 48.5 Å². The van der Waals surface area contributed by atoms with E-state index in [1.807, 2.05) is 60.7 Å². The lowest BCUT2D eigenvalue weighted by Gasteiger charge is -2.27. The molecule has 1 atom stereocenters. The van der Waals surface area contributed by atoms with E-state index in [0.717, 1.165) is 5.56 Å². The highest BCUT2D eigenvalue weighted by molar-refractivity contribution is 5.83. The fourth-order valence-corrected chi connectivity index (χ4v) is 3.05. The van der Waals surface area contributed by atoms with Gasteiger partial charge in [-0.05, 0) is 18.6 Å². The lowest BCUT2D eigenvalue weighted by molar-refractivity contribution is -0.139. The molecule has 0 aliphatic carbocycles. The van der Waals surface area contributed by atoms with Crippen molar-refractivity contribution >= 4 is 11.9 Å². The molecule has 2 aromatic rings. The van der Waals surface area contributed by atoms with Crippen LogP contribution in [0.15, 0.2) is 60.7 Å². The van der Waals surface area contributed by atoms with Gasteiger partial charge in [-0.25, -0.2) is 4.79 Å². The van der Waals surface area contributed by atoms with E-state index in [4.69, 9.17) is 10.5 Å². The summed E-state index contributed by atoms with van der Waals surface area (Å²) in [6.45, 7) is 2.02. The van der Waals surface area contributed by atoms with Crippen molar-refractivity contribution in [3.63, 3.8) is 0 Å². The zero-order valence-corrected chi connectivity index (χ0v) is 14.6. The van der Waals surface area contributed by atoms with Gasteiger partial charge in [0.05, 0.1) is 0 Å². The number of para-hydroxylation sites is 1. The Morgan fingerprint density at radius 3 is 2.08 bits per heavy atom. The molecule has 3 rings (SSSR count). The van der Waals surface area contributed by atoms with Gasteiger partial charge in [-0.2, -0.15) is 0 Å². The van der Waals surface area contributed by atoms with Crippen LogP contribution in [0.2, 0.25) is 0 Å². The Balaban J connectivity index is 1.79. The van der Waals surface area contributed by atoms with Crippen LogP contribution in [0.25, 0.3) is 0 Å². The van der Waals surface area contributed by atoms with Crippen molar-refractivity contribution in [2.75, 3.05) is 26.2 Å². The first kappa shape index (κ1) is 17.8. The number of urea groups is 1. The molecule has 0 radical (unpaired) electrons. The molecule has 1 aliphatic heterocycles. The summed E-state index contributed by atoms with van der Waals surface area (Å²) in [6.07, 6.45) is -0.0274. The fourth-order valence-electron chi connectivity index (χ4n) is 3.05. The van der Waals surface area contributed by atoms with Crippen LogP contribution < -0.4 is 10.5 Å². The Kier molecular flexibility index (Phi) is 5.73. The number of nitrogens with zero attached hydrogens (tertiary/aromatic N) is 2. The first-order chi connectivity index (χ1) is 12.6. The number of primary amides is 1. The molecule has 2 aromatic carbocycles. The summed E-state index contributed by atoms with van der Waals surface area (Å²) in [5.41, 5.74) is 6.17. The maximum atomic E-state index is 13.2. The summed E-state index contributed by atoms with van der Waals surface area (Å²) in [6, 6.07) is 18.3. The van der Waals surface area contributed by atoms with Gasteiger partial charge in [0.2, 0.25) is 6.10 Å². The Labute approximate surface area is 153 Å². The highest BCUT2D eigenvalue weighted by Gasteiger charge is 2.29. The lowest BCUT2D eigenvalue weighted by atomic mass is 10.1. The van der Waals surface area contributed by atoms with E-state index in [2.05, 4.69) is 0 Å². The first-order valence-electron chi connectivity index (χ1n) is 8.75. The van der Waals surface area contributed by atoms with Crippen molar-refractivity contribution in [2.45, 2.75) is 12.5 Å². The molecule has 1 aliphatic rings. The number of hydrogen-bond acceptors (Lipinski definition) is 3. The van der Waals surface area contributed by atoms with Gasteiger partial charge in [-0.15, -0.1) is 0 Å². The van der Waals surface area contributed by atoms with E-state index < -0.39 is 12.1 Å². The first-order valence-corrected chi connectivity index (χ1v) is 8.75. The normalized spacial score (nSPS) is 15.8. The molecule has 6 heteroatoms. The van der Waals surface area contributed by atoms with Crippen LogP contribution in [0.5, 0.6) is 5.75 Å². The molecule has 136 valence electrons. The molecule has 6 nitrogen and oxygen atoms in total. The van der Waals surface area contributed by atoms with E-state index >= 15 is 0 Å². The summed E-state index contributed by atoms with van der Waals surface area (Å²) in [5, 5.41) is 0. The molecule has 1 heterocycles. The topological polar surface area (TPSA) is 75.9 Å². The summed E-state index contributed by atoms with van der Waals surface area (Å²) in [7, 11) is 0. The van der Waals surface area contributed by atoms with Crippen molar-refractivity contribution < 1.29 is 14.3 Å². The Morgan fingerprint density at radius 2 is 1.42 bits per heavy atom. The van der Waals surface area contributed by atoms with Gasteiger partial charge in [-0.3, -0.25) is 4.79 Å². The molecular weight excluding hydrogens is 330 g/mol. The highest BCUT2D eigenvalue weighted by Crippen LogP contribution is 2.24. The quantitative estimate of drug-likeness (QED) is 0.917. The number of nitrogens with two attached hydrogens (primary N) is 1. The molecule has 1 fully saturated rings. The molecule has 0 saturated carbocycles. The van der Waals surface area contributed by atoms with Crippen LogP contribution >= 0.6 is 0 Å². The average molecular weight is 353 g/mol. The second kappa shape index (κ2) is 8.38. The van der Waals surface area contributed by atoms with Gasteiger partial charge < -0.3 is 20.3 Å². The molecule has 3 amide bonds. The minimum Gasteiger partial charge on any atom is -0.476 e. The second-order valence-electron chi connectivity index (χ2n) is 6.23. The number of carbonyl (C=O) groups is 2. The second-order valence-corrected chi connectivity index (χ2v) is 6.23. The maximum absolute atomic E-state index is 13.2. The standard InChI is InChI=1S/C20H23N3O3/c21-20(25)23-13-7-12-22(14-15-23)19(24)18(16-8-3-1-4-9-16)26-17-10-5-2-6-11-17/h1-6,8-11,18H,7,12-15H2,(H2,21,25). The Bertz CT molecular complexity index is 736. The minimum atomic E-state index is -0.723. The maximum Gasteiger partial charge on any atom is 0.314 e. The smallest absolute Gasteiger partial charge is 0.314 e. The Hall–Kier alpha value is -3.02. The van der Waals surface area contributed by atoms with Gasteiger partial charge in [0.25, 0.3) is 5.91 Å². The minimum absolute atomic E-state index is 0.105. The zero-order chi connectivity index (χ0) is 18.4. The van der Waals surface area contributed by atoms with E-state index in [-0.39, 0.29) is 5.91 Å². The average Bonchev–Trinajstić information content (AvgIpc) is 2.93. The molecule has 0 bridgehead atoms. The third-order valence-corrected chi connectivity index (χ3v) is 4.44. The van der Waals surface area contributed by atoms with Gasteiger partial charge in [0.1, 0.15) is 5.75 Å². The van der Waals surface area contributed by atoms with E-state index in [1.54, 1.807) is 9.80 Å². The largest absolute Gasteiger partial charge is 0.476 e. The molecule has 1 saturated heterocycles. The summed E-state index contributed by atoms with van der Waals surface area (Å²) in [4.78, 5) is 27.9. The monoisotopic (exact) mass is 353 g/mol. The number of rotatable bonds is 4. The van der Waals surface area contributed by atoms with Crippen LogP contribution in [0, 0.1) is 0 Å². The van der Waals surface area contributed by atoms with Crippen LogP contribution in [-0.2, 0) is 4.79 Å². The van der Waals surface area contributed by atoms with E-state index in [1.165, 1.54) is 0 Å². The zero-order valence-electron chi connectivity index (χ0n) is 14.6. The fraction of sp³-hybridized carbons (Fsp3) is 0.300. The van der Waals surface area contributed by atoms with Crippen molar-refractivity contribution in [1.82, 2.24) is 9.80 Å². The lowest BCUT2D eigenvalue weighted by Crippen LogP contribution is -2.41. The summed E-state index contributed by atoms with van der Waals surface area (Å²) in [5.74, 6) is 0.537. The van der Waals surface area contributed by atoms with Crippen LogP contribution in [0.4, 0.5) is 4.79 Å². The number of benzene rings is 2. The molecule has 0 aromatic heterocycles. The summed E-state index contributed by atoms with van der Waals surface area (Å²) < 4.78 is 6.03. The van der Waals surface area contributed by atoms with E-state index in [9.17, 15) is 9.59 Å². The van der Waals surface area contributed by atoms with Crippen molar-refractivity contribution in [3.05, 3.63) is 66.2 Å². The molecule has 1 unspecified atom stereocenters. The third kappa shape index (κ3) is 4.33. The van der Waals surface area contributed by atoms with Crippen molar-refractivity contribution in [3.8, 4) is 5.75 Å². The molecule has 0 spiro atoms.